The number of allylic oxidation sites excluding steroid dienone is 2. The van der Waals surface area contributed by atoms with E-state index in [0.29, 0.717) is 10.8 Å². The third-order valence-electron chi connectivity index (χ3n) is 9.88. The molecule has 1 nitrogen and oxygen atoms in total. The molecule has 1 heteroatoms. The summed E-state index contributed by atoms with van der Waals surface area (Å²) >= 11 is 0. The van der Waals surface area contributed by atoms with Gasteiger partial charge in [-0.15, -0.1) is 0 Å². The van der Waals surface area contributed by atoms with E-state index in [4.69, 9.17) is 0 Å². The van der Waals surface area contributed by atoms with Gasteiger partial charge in [0.2, 0.25) is 0 Å². The summed E-state index contributed by atoms with van der Waals surface area (Å²) < 4.78 is 0. The minimum atomic E-state index is -0.396. The van der Waals surface area contributed by atoms with Gasteiger partial charge in [-0.2, -0.15) is 0 Å². The van der Waals surface area contributed by atoms with Crippen molar-refractivity contribution in [3.05, 3.63) is 11.6 Å². The summed E-state index contributed by atoms with van der Waals surface area (Å²) in [5, 5.41) is 10.6. The SMILES string of the molecule is C/C=C1/[C@H]2C[C@H]2[C@H]2[C@@H]3CC[C@H]4C[C@](C)(O)CC[C@]4(C)[C@H]3CC[C@]12C. The predicted molar refractivity (Wildman–Crippen MR) is 98.5 cm³/mol. The Morgan fingerprint density at radius 1 is 1.00 bits per heavy atom. The maximum absolute atomic E-state index is 10.6. The molecule has 5 aliphatic carbocycles. The van der Waals surface area contributed by atoms with E-state index in [1.54, 1.807) is 0 Å². The van der Waals surface area contributed by atoms with Gasteiger partial charge in [0.15, 0.2) is 0 Å². The van der Waals surface area contributed by atoms with Crippen molar-refractivity contribution in [3.8, 4) is 0 Å². The van der Waals surface area contributed by atoms with Crippen LogP contribution in [0, 0.1) is 46.3 Å². The molecule has 0 bridgehead atoms. The lowest BCUT2D eigenvalue weighted by atomic mass is 9.43. The highest BCUT2D eigenvalue weighted by atomic mass is 16.3. The fourth-order valence-corrected chi connectivity index (χ4v) is 8.74. The third kappa shape index (κ3) is 1.86. The van der Waals surface area contributed by atoms with Crippen molar-refractivity contribution < 1.29 is 5.11 Å². The van der Waals surface area contributed by atoms with Crippen LogP contribution in [0.5, 0.6) is 0 Å². The topological polar surface area (TPSA) is 20.2 Å². The van der Waals surface area contributed by atoms with Crippen molar-refractivity contribution in [1.82, 2.24) is 0 Å². The summed E-state index contributed by atoms with van der Waals surface area (Å²) in [5.41, 5.74) is 2.49. The summed E-state index contributed by atoms with van der Waals surface area (Å²) in [6, 6.07) is 0. The van der Waals surface area contributed by atoms with Gasteiger partial charge in [-0.3, -0.25) is 0 Å². The first-order valence-corrected chi connectivity index (χ1v) is 10.7. The molecule has 0 radical (unpaired) electrons. The van der Waals surface area contributed by atoms with Crippen LogP contribution in [0.25, 0.3) is 0 Å². The second-order valence-electron chi connectivity index (χ2n) is 11.0. The molecule has 134 valence electrons. The highest BCUT2D eigenvalue weighted by Crippen LogP contribution is 2.75. The van der Waals surface area contributed by atoms with Gasteiger partial charge in [-0.1, -0.05) is 25.5 Å². The average molecular weight is 329 g/mol. The molecule has 0 saturated heterocycles. The minimum absolute atomic E-state index is 0.396. The minimum Gasteiger partial charge on any atom is -0.390 e. The van der Waals surface area contributed by atoms with Crippen LogP contribution in [-0.4, -0.2) is 10.7 Å². The van der Waals surface area contributed by atoms with Gasteiger partial charge >= 0.3 is 0 Å². The quantitative estimate of drug-likeness (QED) is 0.575. The summed E-state index contributed by atoms with van der Waals surface area (Å²) in [6.07, 6.45) is 13.0. The molecule has 0 aromatic rings. The molecule has 9 atom stereocenters. The highest BCUT2D eigenvalue weighted by Gasteiger charge is 2.68. The van der Waals surface area contributed by atoms with Crippen LogP contribution in [0.15, 0.2) is 11.6 Å². The van der Waals surface area contributed by atoms with Gasteiger partial charge < -0.3 is 5.11 Å². The first kappa shape index (κ1) is 15.9. The maximum atomic E-state index is 10.6. The van der Waals surface area contributed by atoms with Gasteiger partial charge in [-0.05, 0) is 112 Å². The molecular weight excluding hydrogens is 292 g/mol. The molecule has 0 aromatic carbocycles. The fraction of sp³-hybridized carbons (Fsp3) is 0.913. The Morgan fingerprint density at radius 2 is 1.79 bits per heavy atom. The number of hydrogen-bond acceptors (Lipinski definition) is 1. The lowest BCUT2D eigenvalue weighted by molar-refractivity contribution is -0.142. The normalized spacial score (nSPS) is 63.3. The van der Waals surface area contributed by atoms with Crippen molar-refractivity contribution in [2.75, 3.05) is 0 Å². The molecule has 0 unspecified atom stereocenters. The van der Waals surface area contributed by atoms with Crippen molar-refractivity contribution in [2.24, 2.45) is 46.3 Å². The van der Waals surface area contributed by atoms with Gasteiger partial charge in [0.05, 0.1) is 5.60 Å². The molecule has 5 saturated carbocycles. The first-order chi connectivity index (χ1) is 11.3. The fourth-order valence-electron chi connectivity index (χ4n) is 8.74. The Morgan fingerprint density at radius 3 is 2.54 bits per heavy atom. The Kier molecular flexibility index (Phi) is 3.12. The van der Waals surface area contributed by atoms with E-state index < -0.39 is 5.60 Å². The summed E-state index contributed by atoms with van der Waals surface area (Å²) in [5.74, 6) is 5.64. The molecule has 0 spiro atoms. The number of rotatable bonds is 0. The van der Waals surface area contributed by atoms with Crippen LogP contribution in [-0.2, 0) is 0 Å². The van der Waals surface area contributed by atoms with Crippen molar-refractivity contribution in [2.45, 2.75) is 84.7 Å². The highest BCUT2D eigenvalue weighted by molar-refractivity contribution is 5.34. The van der Waals surface area contributed by atoms with E-state index >= 15 is 0 Å². The molecule has 24 heavy (non-hydrogen) atoms. The lowest BCUT2D eigenvalue weighted by Crippen LogP contribution is -2.55. The molecule has 5 fully saturated rings. The number of aliphatic hydroxyl groups is 1. The van der Waals surface area contributed by atoms with E-state index in [1.165, 1.54) is 38.5 Å². The first-order valence-electron chi connectivity index (χ1n) is 10.7. The molecule has 1 N–H and O–H groups in total. The van der Waals surface area contributed by atoms with E-state index in [-0.39, 0.29) is 0 Å². The number of fused-ring (bicyclic) bond motifs is 7. The van der Waals surface area contributed by atoms with E-state index in [0.717, 1.165) is 48.3 Å². The van der Waals surface area contributed by atoms with Gasteiger partial charge in [0.25, 0.3) is 0 Å². The summed E-state index contributed by atoms with van der Waals surface area (Å²) in [4.78, 5) is 0. The van der Waals surface area contributed by atoms with Crippen molar-refractivity contribution in [3.63, 3.8) is 0 Å². The Labute approximate surface area is 148 Å². The Bertz CT molecular complexity index is 589. The second kappa shape index (κ2) is 4.70. The molecule has 0 aliphatic heterocycles. The zero-order chi connectivity index (χ0) is 16.9. The Balaban J connectivity index is 1.48. The Hall–Kier alpha value is -0.300. The van der Waals surface area contributed by atoms with E-state index in [9.17, 15) is 5.11 Å². The van der Waals surface area contributed by atoms with Gasteiger partial charge in [0, 0.05) is 0 Å². The standard InChI is InChI=1S/C23H36O/c1-5-18-16-12-17(16)20-15-7-6-14-13-21(2,24)10-11-22(14,3)19(15)8-9-23(18,20)4/h5,14-17,19-20,24H,6-13H2,1-4H3/b18-5-/t14-,15+,16-,17+,19-,20+,21+,22-,23+/m0/s1. The number of hydrogen-bond donors (Lipinski definition) is 1. The average Bonchev–Trinajstić information content (AvgIpc) is 3.23. The van der Waals surface area contributed by atoms with Crippen LogP contribution in [0.4, 0.5) is 0 Å². The van der Waals surface area contributed by atoms with Crippen molar-refractivity contribution in [1.29, 1.82) is 0 Å². The largest absolute Gasteiger partial charge is 0.390 e. The van der Waals surface area contributed by atoms with Crippen LogP contribution in [0.2, 0.25) is 0 Å². The van der Waals surface area contributed by atoms with E-state index in [1.807, 2.05) is 5.57 Å². The molecule has 5 rings (SSSR count). The third-order valence-corrected chi connectivity index (χ3v) is 9.88. The monoisotopic (exact) mass is 328 g/mol. The summed E-state index contributed by atoms with van der Waals surface area (Å²) in [6.45, 7) is 9.62. The molecular formula is C23H36O. The predicted octanol–water partition coefficient (Wildman–Crippen LogP) is 5.58. The summed E-state index contributed by atoms with van der Waals surface area (Å²) in [7, 11) is 0. The maximum Gasteiger partial charge on any atom is 0.0622 e. The molecule has 0 amide bonds. The van der Waals surface area contributed by atoms with Crippen LogP contribution in [0.1, 0.15) is 79.1 Å². The zero-order valence-electron chi connectivity index (χ0n) is 16.1. The second-order valence-corrected chi connectivity index (χ2v) is 11.0. The van der Waals surface area contributed by atoms with Crippen molar-refractivity contribution >= 4 is 0 Å². The van der Waals surface area contributed by atoms with Gasteiger partial charge in [-0.25, -0.2) is 0 Å². The van der Waals surface area contributed by atoms with Crippen LogP contribution in [0.3, 0.4) is 0 Å². The molecule has 0 aromatic heterocycles. The zero-order valence-corrected chi connectivity index (χ0v) is 16.1. The van der Waals surface area contributed by atoms with E-state index in [2.05, 4.69) is 33.8 Å². The smallest absolute Gasteiger partial charge is 0.0622 e. The lowest BCUT2D eigenvalue weighted by Gasteiger charge is -2.62. The molecule has 0 heterocycles. The van der Waals surface area contributed by atoms with Gasteiger partial charge in [0.1, 0.15) is 0 Å². The van der Waals surface area contributed by atoms with Crippen LogP contribution < -0.4 is 0 Å². The van der Waals surface area contributed by atoms with Crippen LogP contribution >= 0.6 is 0 Å². The molecule has 5 aliphatic rings.